The van der Waals surface area contributed by atoms with E-state index in [1.165, 1.54) is 6.92 Å². The molecule has 1 atom stereocenters. The van der Waals surface area contributed by atoms with E-state index in [-0.39, 0.29) is 11.6 Å². The van der Waals surface area contributed by atoms with Crippen LogP contribution in [0, 0.1) is 0 Å². The third kappa shape index (κ3) is 4.59. The van der Waals surface area contributed by atoms with Gasteiger partial charge in [0.15, 0.2) is 0 Å². The van der Waals surface area contributed by atoms with Gasteiger partial charge in [-0.3, -0.25) is 0 Å². The first kappa shape index (κ1) is 15.6. The average Bonchev–Trinajstić information content (AvgIpc) is 2.23. The fourth-order valence-corrected chi connectivity index (χ4v) is 1.33. The minimum absolute atomic E-state index is 0.0553. The molecule has 0 aliphatic carbocycles. The number of alkyl halides is 6. The molecule has 0 bridgehead atoms. The summed E-state index contributed by atoms with van der Waals surface area (Å²) < 4.78 is 75.0. The van der Waals surface area contributed by atoms with Crippen LogP contribution in [0.25, 0.3) is 6.08 Å². The van der Waals surface area contributed by atoms with Crippen LogP contribution in [-0.2, 0) is 12.4 Å². The van der Waals surface area contributed by atoms with Gasteiger partial charge in [0.25, 0.3) is 0 Å². The normalized spacial score (nSPS) is 14.9. The number of halogens is 6. The quantitative estimate of drug-likeness (QED) is 0.810. The molecule has 0 aliphatic heterocycles. The van der Waals surface area contributed by atoms with Crippen LogP contribution in [-0.4, -0.2) is 11.2 Å². The lowest BCUT2D eigenvalue weighted by atomic mass is 10.0. The van der Waals surface area contributed by atoms with E-state index in [1.54, 1.807) is 0 Å². The molecule has 1 aromatic rings. The number of hydrogen-bond acceptors (Lipinski definition) is 1. The van der Waals surface area contributed by atoms with Crippen LogP contribution in [0.1, 0.15) is 23.6 Å². The Morgan fingerprint density at radius 1 is 0.947 bits per heavy atom. The van der Waals surface area contributed by atoms with Gasteiger partial charge in [0.2, 0.25) is 0 Å². The van der Waals surface area contributed by atoms with Crippen molar-refractivity contribution in [3.05, 3.63) is 41.0 Å². The molecule has 0 spiro atoms. The molecule has 1 N–H and O–H groups in total. The largest absolute Gasteiger partial charge is 0.416 e. The lowest BCUT2D eigenvalue weighted by molar-refractivity contribution is -0.143. The number of rotatable bonds is 2. The van der Waals surface area contributed by atoms with Crippen molar-refractivity contribution in [2.45, 2.75) is 25.4 Å². The Hall–Kier alpha value is -1.50. The number of benzene rings is 1. The molecular weight excluding hydrogens is 274 g/mol. The standard InChI is InChI=1S/C12H10F6O/c1-7(19)2-3-8-4-9(11(13,14)15)6-10(5-8)12(16,17)18/h2-7,19H,1H3/b3-2+. The van der Waals surface area contributed by atoms with Crippen molar-refractivity contribution in [1.29, 1.82) is 0 Å². The molecule has 0 aromatic heterocycles. The monoisotopic (exact) mass is 284 g/mol. The van der Waals surface area contributed by atoms with Gasteiger partial charge in [0.05, 0.1) is 17.2 Å². The zero-order valence-electron chi connectivity index (χ0n) is 9.68. The van der Waals surface area contributed by atoms with Crippen molar-refractivity contribution in [2.75, 3.05) is 0 Å². The first-order valence-corrected chi connectivity index (χ1v) is 5.16. The molecule has 0 radical (unpaired) electrons. The maximum atomic E-state index is 12.5. The predicted octanol–water partition coefficient (Wildman–Crippen LogP) is 4.12. The smallest absolute Gasteiger partial charge is 0.389 e. The van der Waals surface area contributed by atoms with E-state index < -0.39 is 29.6 Å². The molecular formula is C12H10F6O. The summed E-state index contributed by atoms with van der Waals surface area (Å²) in [4.78, 5) is 0. The second kappa shape index (κ2) is 5.24. The van der Waals surface area contributed by atoms with Crippen LogP contribution in [0.5, 0.6) is 0 Å². The molecule has 1 nitrogen and oxygen atoms in total. The van der Waals surface area contributed by atoms with E-state index >= 15 is 0 Å². The van der Waals surface area contributed by atoms with E-state index in [0.29, 0.717) is 12.1 Å². The fourth-order valence-electron chi connectivity index (χ4n) is 1.33. The van der Waals surface area contributed by atoms with Crippen LogP contribution in [0.15, 0.2) is 24.3 Å². The number of hydrogen-bond donors (Lipinski definition) is 1. The topological polar surface area (TPSA) is 20.2 Å². The Labute approximate surface area is 105 Å². The van der Waals surface area contributed by atoms with Crippen LogP contribution >= 0.6 is 0 Å². The lowest BCUT2D eigenvalue weighted by Gasteiger charge is -2.13. The molecule has 0 saturated heterocycles. The summed E-state index contributed by atoms with van der Waals surface area (Å²) in [5.74, 6) is 0. The molecule has 106 valence electrons. The Morgan fingerprint density at radius 2 is 1.37 bits per heavy atom. The Balaban J connectivity index is 3.33. The van der Waals surface area contributed by atoms with Gasteiger partial charge in [-0.05, 0) is 30.7 Å². The second-order valence-corrected chi connectivity index (χ2v) is 3.94. The third-order valence-corrected chi connectivity index (χ3v) is 2.18. The minimum Gasteiger partial charge on any atom is -0.389 e. The van der Waals surface area contributed by atoms with E-state index in [9.17, 15) is 26.3 Å². The summed E-state index contributed by atoms with van der Waals surface area (Å²) in [5.41, 5.74) is -3.04. The summed E-state index contributed by atoms with van der Waals surface area (Å²) >= 11 is 0. The average molecular weight is 284 g/mol. The van der Waals surface area contributed by atoms with Crippen molar-refractivity contribution < 1.29 is 31.4 Å². The van der Waals surface area contributed by atoms with Gasteiger partial charge in [-0.2, -0.15) is 26.3 Å². The molecule has 7 heteroatoms. The fraction of sp³-hybridized carbons (Fsp3) is 0.333. The molecule has 0 heterocycles. The van der Waals surface area contributed by atoms with E-state index in [4.69, 9.17) is 5.11 Å². The molecule has 0 amide bonds. The maximum Gasteiger partial charge on any atom is 0.416 e. The SMILES string of the molecule is CC(O)/C=C/c1cc(C(F)(F)F)cc(C(F)(F)F)c1. The van der Waals surface area contributed by atoms with Crippen LogP contribution in [0.4, 0.5) is 26.3 Å². The predicted molar refractivity (Wildman–Crippen MR) is 57.2 cm³/mol. The second-order valence-electron chi connectivity index (χ2n) is 3.94. The molecule has 19 heavy (non-hydrogen) atoms. The van der Waals surface area contributed by atoms with Crippen LogP contribution < -0.4 is 0 Å². The van der Waals surface area contributed by atoms with Crippen molar-refractivity contribution >= 4 is 6.08 Å². The number of aliphatic hydroxyl groups excluding tert-OH is 1. The summed E-state index contributed by atoms with van der Waals surface area (Å²) in [7, 11) is 0. The molecule has 1 rings (SSSR count). The highest BCUT2D eigenvalue weighted by Gasteiger charge is 2.36. The third-order valence-electron chi connectivity index (χ3n) is 2.18. The molecule has 0 aliphatic rings. The molecule has 0 fully saturated rings. The van der Waals surface area contributed by atoms with E-state index in [2.05, 4.69) is 0 Å². The number of aliphatic hydroxyl groups is 1. The Morgan fingerprint density at radius 3 is 1.68 bits per heavy atom. The first-order valence-electron chi connectivity index (χ1n) is 5.16. The zero-order valence-corrected chi connectivity index (χ0v) is 9.68. The van der Waals surface area contributed by atoms with Gasteiger partial charge in [0, 0.05) is 0 Å². The van der Waals surface area contributed by atoms with Gasteiger partial charge < -0.3 is 5.11 Å². The summed E-state index contributed by atoms with van der Waals surface area (Å²) in [6.45, 7) is 1.33. The van der Waals surface area contributed by atoms with Crippen molar-refractivity contribution in [1.82, 2.24) is 0 Å². The lowest BCUT2D eigenvalue weighted by Crippen LogP contribution is -2.11. The molecule has 1 unspecified atom stereocenters. The van der Waals surface area contributed by atoms with Gasteiger partial charge in [-0.1, -0.05) is 12.2 Å². The summed E-state index contributed by atoms with van der Waals surface area (Å²) in [6, 6.07) is 1.24. The van der Waals surface area contributed by atoms with Gasteiger partial charge in [-0.15, -0.1) is 0 Å². The highest BCUT2D eigenvalue weighted by Crippen LogP contribution is 2.36. The van der Waals surface area contributed by atoms with Crippen molar-refractivity contribution in [3.63, 3.8) is 0 Å². The maximum absolute atomic E-state index is 12.5. The zero-order chi connectivity index (χ0) is 14.8. The minimum atomic E-state index is -4.87. The van der Waals surface area contributed by atoms with Crippen LogP contribution in [0.2, 0.25) is 0 Å². The van der Waals surface area contributed by atoms with Gasteiger partial charge in [0.1, 0.15) is 0 Å². The molecule has 0 saturated carbocycles. The first-order chi connectivity index (χ1) is 8.50. The molecule has 1 aromatic carbocycles. The Bertz CT molecular complexity index is 438. The van der Waals surface area contributed by atoms with Crippen LogP contribution in [0.3, 0.4) is 0 Å². The van der Waals surface area contributed by atoms with Crippen molar-refractivity contribution in [3.8, 4) is 0 Å². The summed E-state index contributed by atoms with van der Waals surface area (Å²) in [5, 5.41) is 8.94. The van der Waals surface area contributed by atoms with Gasteiger partial charge >= 0.3 is 12.4 Å². The highest BCUT2D eigenvalue weighted by atomic mass is 19.4. The highest BCUT2D eigenvalue weighted by molar-refractivity contribution is 5.53. The van der Waals surface area contributed by atoms with Crippen molar-refractivity contribution in [2.24, 2.45) is 0 Å². The van der Waals surface area contributed by atoms with Gasteiger partial charge in [-0.25, -0.2) is 0 Å². The summed E-state index contributed by atoms with van der Waals surface area (Å²) in [6.07, 6.45) is -8.60. The van der Waals surface area contributed by atoms with E-state index in [1.807, 2.05) is 0 Å². The Kier molecular flexibility index (Phi) is 4.29. The van der Waals surface area contributed by atoms with E-state index in [0.717, 1.165) is 12.2 Å².